The molecule has 184 valence electrons. The number of benzene rings is 1. The number of aryl methyl sites for hydroxylation is 1. The Hall–Kier alpha value is -4.11. The Kier molecular flexibility index (Phi) is 6.73. The van der Waals surface area contributed by atoms with E-state index in [9.17, 15) is 9.59 Å². The molecule has 0 fully saturated rings. The summed E-state index contributed by atoms with van der Waals surface area (Å²) in [6.07, 6.45) is 4.77. The predicted octanol–water partition coefficient (Wildman–Crippen LogP) is 3.00. The Morgan fingerprint density at radius 3 is 2.75 bits per heavy atom. The molecule has 0 radical (unpaired) electrons. The molecule has 0 bridgehead atoms. The highest BCUT2D eigenvalue weighted by molar-refractivity contribution is 6.07. The van der Waals surface area contributed by atoms with Gasteiger partial charge in [-0.2, -0.15) is 5.10 Å². The van der Waals surface area contributed by atoms with Crippen molar-refractivity contribution in [3.8, 4) is 11.3 Å². The molecule has 0 aliphatic carbocycles. The van der Waals surface area contributed by atoms with Crippen LogP contribution < -0.4 is 5.32 Å². The number of rotatable bonds is 7. The highest BCUT2D eigenvalue weighted by Crippen LogP contribution is 2.28. The molecule has 4 heterocycles. The fourth-order valence-corrected chi connectivity index (χ4v) is 4.64. The Morgan fingerprint density at radius 2 is 1.94 bits per heavy atom. The van der Waals surface area contributed by atoms with E-state index in [1.54, 1.807) is 29.1 Å². The molecule has 36 heavy (non-hydrogen) atoms. The van der Waals surface area contributed by atoms with E-state index in [-0.39, 0.29) is 11.8 Å². The van der Waals surface area contributed by atoms with Crippen LogP contribution in [0.4, 0.5) is 0 Å². The van der Waals surface area contributed by atoms with Gasteiger partial charge in [0.15, 0.2) is 5.69 Å². The summed E-state index contributed by atoms with van der Waals surface area (Å²) in [5.74, 6) is -0.323. The number of nitrogens with zero attached hydrogens (tertiary/aromatic N) is 5. The summed E-state index contributed by atoms with van der Waals surface area (Å²) in [6.45, 7) is 1.94. The second-order valence-corrected chi connectivity index (χ2v) is 8.78. The van der Waals surface area contributed by atoms with Gasteiger partial charge in [-0.3, -0.25) is 19.3 Å². The number of methoxy groups -OCH3 is 1. The zero-order valence-electron chi connectivity index (χ0n) is 20.4. The number of carbonyl (C=O) groups is 2. The molecule has 1 N–H and O–H groups in total. The molecule has 0 unspecified atom stereocenters. The van der Waals surface area contributed by atoms with Gasteiger partial charge in [-0.05, 0) is 30.7 Å². The molecule has 0 atom stereocenters. The Morgan fingerprint density at radius 1 is 1.14 bits per heavy atom. The molecule has 0 saturated carbocycles. The van der Waals surface area contributed by atoms with Crippen molar-refractivity contribution in [1.82, 2.24) is 30.0 Å². The number of pyridine rings is 2. The van der Waals surface area contributed by atoms with Crippen molar-refractivity contribution in [1.29, 1.82) is 0 Å². The van der Waals surface area contributed by atoms with Crippen LogP contribution in [0.25, 0.3) is 22.2 Å². The first-order valence-corrected chi connectivity index (χ1v) is 12.0. The van der Waals surface area contributed by atoms with Gasteiger partial charge in [-0.15, -0.1) is 0 Å². The lowest BCUT2D eigenvalue weighted by atomic mass is 10.0. The van der Waals surface area contributed by atoms with Crippen LogP contribution in [0.15, 0.2) is 54.9 Å². The third kappa shape index (κ3) is 4.57. The largest absolute Gasteiger partial charge is 0.385 e. The Labute approximate surface area is 209 Å². The van der Waals surface area contributed by atoms with Gasteiger partial charge in [-0.25, -0.2) is 4.98 Å². The third-order valence-electron chi connectivity index (χ3n) is 6.48. The quantitative estimate of drug-likeness (QED) is 0.405. The molecule has 4 aromatic rings. The number of ether oxygens (including phenoxy) is 1. The molecule has 0 saturated heterocycles. The maximum Gasteiger partial charge on any atom is 0.272 e. The van der Waals surface area contributed by atoms with Gasteiger partial charge in [0.25, 0.3) is 11.8 Å². The first-order valence-electron chi connectivity index (χ1n) is 12.0. The number of hydrogen-bond donors (Lipinski definition) is 1. The van der Waals surface area contributed by atoms with E-state index in [4.69, 9.17) is 9.72 Å². The van der Waals surface area contributed by atoms with Crippen molar-refractivity contribution in [3.63, 3.8) is 0 Å². The minimum Gasteiger partial charge on any atom is -0.385 e. The first-order chi connectivity index (χ1) is 17.6. The third-order valence-corrected chi connectivity index (χ3v) is 6.48. The molecular weight excluding hydrogens is 456 g/mol. The van der Waals surface area contributed by atoms with Crippen LogP contribution in [0, 0.1) is 0 Å². The minimum atomic E-state index is -0.230. The number of hydrogen-bond acceptors (Lipinski definition) is 6. The van der Waals surface area contributed by atoms with Gasteiger partial charge < -0.3 is 15.0 Å². The molecule has 1 aliphatic rings. The van der Waals surface area contributed by atoms with Crippen molar-refractivity contribution in [3.05, 3.63) is 77.4 Å². The second-order valence-electron chi connectivity index (χ2n) is 8.78. The smallest absolute Gasteiger partial charge is 0.272 e. The highest BCUT2D eigenvalue weighted by atomic mass is 16.5. The lowest BCUT2D eigenvalue weighted by Gasteiger charge is -2.28. The van der Waals surface area contributed by atoms with Crippen LogP contribution in [0.2, 0.25) is 0 Å². The van der Waals surface area contributed by atoms with Crippen molar-refractivity contribution >= 4 is 22.7 Å². The molecule has 3 aromatic heterocycles. The number of fused-ring (bicyclic) bond motifs is 2. The zero-order chi connectivity index (χ0) is 25.1. The van der Waals surface area contributed by atoms with E-state index < -0.39 is 0 Å². The van der Waals surface area contributed by atoms with Gasteiger partial charge in [-0.1, -0.05) is 18.2 Å². The SMILES string of the molecule is COCCCNC(=O)c1nn(C)c2c1CN(C(=O)c1cc(-c3ccncc3)nc3ccccc13)CC2. The van der Waals surface area contributed by atoms with Crippen molar-refractivity contribution in [2.45, 2.75) is 19.4 Å². The van der Waals surface area contributed by atoms with Crippen molar-refractivity contribution < 1.29 is 14.3 Å². The van der Waals surface area contributed by atoms with Gasteiger partial charge in [0.2, 0.25) is 0 Å². The van der Waals surface area contributed by atoms with E-state index in [1.165, 1.54) is 0 Å². The summed E-state index contributed by atoms with van der Waals surface area (Å²) in [5, 5.41) is 8.19. The molecule has 5 rings (SSSR count). The molecule has 1 aliphatic heterocycles. The fraction of sp³-hybridized carbons (Fsp3) is 0.296. The Balaban J connectivity index is 1.46. The van der Waals surface area contributed by atoms with Gasteiger partial charge in [0.1, 0.15) is 0 Å². The normalized spacial score (nSPS) is 13.0. The zero-order valence-corrected chi connectivity index (χ0v) is 20.4. The standard InChI is InChI=1S/C27H28N6O3/c1-32-24-10-14-33(17-21(24)25(31-32)26(34)29-11-5-15-36-2)27(35)20-16-23(18-8-12-28-13-9-18)30-22-7-4-3-6-19(20)22/h3-4,6-9,12-13,16H,5,10-11,14-15,17H2,1-2H3,(H,29,34). The summed E-state index contributed by atoms with van der Waals surface area (Å²) in [6, 6.07) is 13.3. The monoisotopic (exact) mass is 484 g/mol. The molecule has 0 spiro atoms. The summed E-state index contributed by atoms with van der Waals surface area (Å²) < 4.78 is 6.81. The number of amides is 2. The average molecular weight is 485 g/mol. The van der Waals surface area contributed by atoms with Crippen molar-refractivity contribution in [2.24, 2.45) is 7.05 Å². The summed E-state index contributed by atoms with van der Waals surface area (Å²) >= 11 is 0. The van der Waals surface area contributed by atoms with Crippen molar-refractivity contribution in [2.75, 3.05) is 26.8 Å². The summed E-state index contributed by atoms with van der Waals surface area (Å²) in [4.78, 5) is 37.4. The van der Waals surface area contributed by atoms with E-state index in [0.29, 0.717) is 43.9 Å². The number of aromatic nitrogens is 4. The average Bonchev–Trinajstić information content (AvgIpc) is 3.26. The van der Waals surface area contributed by atoms with E-state index >= 15 is 0 Å². The lowest BCUT2D eigenvalue weighted by molar-refractivity contribution is 0.0732. The number of nitrogens with one attached hydrogen (secondary N) is 1. The maximum atomic E-state index is 13.9. The van der Waals surface area contributed by atoms with Crippen LogP contribution in [0.3, 0.4) is 0 Å². The van der Waals surface area contributed by atoms with Gasteiger partial charge >= 0.3 is 0 Å². The van der Waals surface area contributed by atoms with Crippen LogP contribution in [0.5, 0.6) is 0 Å². The van der Waals surface area contributed by atoms with Gasteiger partial charge in [0.05, 0.1) is 23.3 Å². The van der Waals surface area contributed by atoms with E-state index in [0.717, 1.165) is 39.8 Å². The summed E-state index contributed by atoms with van der Waals surface area (Å²) in [5.41, 5.74) is 5.11. The highest BCUT2D eigenvalue weighted by Gasteiger charge is 2.30. The molecule has 9 nitrogen and oxygen atoms in total. The predicted molar refractivity (Wildman–Crippen MR) is 135 cm³/mol. The fourth-order valence-electron chi connectivity index (χ4n) is 4.64. The first kappa shape index (κ1) is 23.6. The van der Waals surface area contributed by atoms with Crippen LogP contribution in [0.1, 0.15) is 38.5 Å². The topological polar surface area (TPSA) is 102 Å². The summed E-state index contributed by atoms with van der Waals surface area (Å²) in [7, 11) is 3.48. The van der Waals surface area contributed by atoms with Crippen LogP contribution >= 0.6 is 0 Å². The molecular formula is C27H28N6O3. The molecule has 1 aromatic carbocycles. The second kappa shape index (κ2) is 10.2. The lowest BCUT2D eigenvalue weighted by Crippen LogP contribution is -2.37. The molecule has 9 heteroatoms. The number of carbonyl (C=O) groups excluding carboxylic acids is 2. The van der Waals surface area contributed by atoms with Crippen LogP contribution in [-0.2, 0) is 24.8 Å². The minimum absolute atomic E-state index is 0.0927. The van der Waals surface area contributed by atoms with Crippen LogP contribution in [-0.4, -0.2) is 63.3 Å². The Bertz CT molecular complexity index is 1420. The van der Waals surface area contributed by atoms with E-state index in [1.807, 2.05) is 49.5 Å². The van der Waals surface area contributed by atoms with Gasteiger partial charge in [0, 0.05) is 74.9 Å². The van der Waals surface area contributed by atoms with E-state index in [2.05, 4.69) is 15.4 Å². The maximum absolute atomic E-state index is 13.9. The number of para-hydroxylation sites is 1. The molecule has 2 amide bonds.